The molecule has 0 bridgehead atoms. The molecule has 1 atom stereocenters. The molecular formula is C11H11FN2O2. The fraction of sp³-hybridized carbons (Fsp3) is 0.273. The molecule has 0 saturated carbocycles. The highest BCUT2D eigenvalue weighted by Gasteiger charge is 2.16. The third-order valence-corrected chi connectivity index (χ3v) is 2.02. The molecule has 0 aliphatic rings. The van der Waals surface area contributed by atoms with Gasteiger partial charge in [0.2, 0.25) is 0 Å². The molecule has 0 spiro atoms. The van der Waals surface area contributed by atoms with Gasteiger partial charge < -0.3 is 10.5 Å². The maximum Gasteiger partial charge on any atom is 0.258 e. The summed E-state index contributed by atoms with van der Waals surface area (Å²) in [5.74, 6) is -1.41. The summed E-state index contributed by atoms with van der Waals surface area (Å²) in [6, 6.07) is 5.56. The first-order chi connectivity index (χ1) is 7.58. The van der Waals surface area contributed by atoms with E-state index in [0.29, 0.717) is 6.42 Å². The van der Waals surface area contributed by atoms with Crippen molar-refractivity contribution < 1.29 is 13.9 Å². The van der Waals surface area contributed by atoms with Crippen molar-refractivity contribution >= 4 is 5.91 Å². The largest absolute Gasteiger partial charge is 0.478 e. The molecule has 4 nitrogen and oxygen atoms in total. The fourth-order valence-corrected chi connectivity index (χ4v) is 1.16. The van der Waals surface area contributed by atoms with Gasteiger partial charge in [0.15, 0.2) is 17.7 Å². The standard InChI is InChI=1S/C11H11FN2O2/c1-2-9(11(14)15)16-10-4-3-7(6-13)5-8(10)12/h3-5,9H,2H2,1H3,(H2,14,15). The lowest BCUT2D eigenvalue weighted by Gasteiger charge is -2.14. The lowest BCUT2D eigenvalue weighted by atomic mass is 10.2. The van der Waals surface area contributed by atoms with Crippen LogP contribution in [0.2, 0.25) is 0 Å². The van der Waals surface area contributed by atoms with Crippen molar-refractivity contribution in [3.8, 4) is 11.8 Å². The van der Waals surface area contributed by atoms with Crippen LogP contribution in [-0.4, -0.2) is 12.0 Å². The van der Waals surface area contributed by atoms with Crippen molar-refractivity contribution in [2.75, 3.05) is 0 Å². The molecule has 16 heavy (non-hydrogen) atoms. The van der Waals surface area contributed by atoms with E-state index in [9.17, 15) is 9.18 Å². The lowest BCUT2D eigenvalue weighted by Crippen LogP contribution is -2.33. The van der Waals surface area contributed by atoms with Crippen molar-refractivity contribution in [2.24, 2.45) is 5.73 Å². The van der Waals surface area contributed by atoms with E-state index in [1.165, 1.54) is 12.1 Å². The summed E-state index contributed by atoms with van der Waals surface area (Å²) in [5, 5.41) is 8.54. The highest BCUT2D eigenvalue weighted by atomic mass is 19.1. The number of hydrogen-bond acceptors (Lipinski definition) is 3. The van der Waals surface area contributed by atoms with Crippen LogP contribution >= 0.6 is 0 Å². The van der Waals surface area contributed by atoms with Gasteiger partial charge >= 0.3 is 0 Å². The summed E-state index contributed by atoms with van der Waals surface area (Å²) in [6.07, 6.45) is -0.503. The molecule has 1 aromatic rings. The number of ether oxygens (including phenoxy) is 1. The van der Waals surface area contributed by atoms with E-state index >= 15 is 0 Å². The number of primary amides is 1. The van der Waals surface area contributed by atoms with Crippen molar-refractivity contribution in [1.29, 1.82) is 5.26 Å². The van der Waals surface area contributed by atoms with E-state index in [-0.39, 0.29) is 11.3 Å². The van der Waals surface area contributed by atoms with Crippen molar-refractivity contribution in [2.45, 2.75) is 19.4 Å². The Labute approximate surface area is 92.4 Å². The minimum absolute atomic E-state index is 0.0790. The fourth-order valence-electron chi connectivity index (χ4n) is 1.16. The first-order valence-electron chi connectivity index (χ1n) is 4.74. The van der Waals surface area contributed by atoms with Crippen molar-refractivity contribution in [1.82, 2.24) is 0 Å². The van der Waals surface area contributed by atoms with Gasteiger partial charge in [-0.1, -0.05) is 6.92 Å². The Morgan fingerprint density at radius 3 is 2.81 bits per heavy atom. The lowest BCUT2D eigenvalue weighted by molar-refractivity contribution is -0.124. The molecule has 1 aromatic carbocycles. The van der Waals surface area contributed by atoms with Gasteiger partial charge in [0, 0.05) is 0 Å². The third-order valence-electron chi connectivity index (χ3n) is 2.02. The van der Waals surface area contributed by atoms with Crippen LogP contribution in [0.1, 0.15) is 18.9 Å². The topological polar surface area (TPSA) is 76.1 Å². The number of rotatable bonds is 4. The average Bonchev–Trinajstić information content (AvgIpc) is 2.26. The molecule has 1 rings (SSSR count). The molecule has 0 radical (unpaired) electrons. The SMILES string of the molecule is CCC(Oc1ccc(C#N)cc1F)C(N)=O. The molecule has 2 N–H and O–H groups in total. The van der Waals surface area contributed by atoms with Gasteiger partial charge in [0.05, 0.1) is 11.6 Å². The van der Waals surface area contributed by atoms with Crippen LogP contribution in [0.15, 0.2) is 18.2 Å². The summed E-state index contributed by atoms with van der Waals surface area (Å²) < 4.78 is 18.5. The summed E-state index contributed by atoms with van der Waals surface area (Å²) in [7, 11) is 0. The molecule has 0 aliphatic carbocycles. The van der Waals surface area contributed by atoms with Crippen LogP contribution in [0, 0.1) is 17.1 Å². The summed E-state index contributed by atoms with van der Waals surface area (Å²) >= 11 is 0. The Hall–Kier alpha value is -2.09. The van der Waals surface area contributed by atoms with Crippen LogP contribution in [-0.2, 0) is 4.79 Å². The van der Waals surface area contributed by atoms with E-state index in [1.807, 2.05) is 0 Å². The molecule has 0 aromatic heterocycles. The van der Waals surface area contributed by atoms with Crippen LogP contribution < -0.4 is 10.5 Å². The zero-order valence-corrected chi connectivity index (χ0v) is 8.74. The summed E-state index contributed by atoms with van der Waals surface area (Å²) in [6.45, 7) is 1.71. The number of nitriles is 1. The molecule has 84 valence electrons. The maximum atomic E-state index is 13.4. The van der Waals surface area contributed by atoms with Crippen molar-refractivity contribution in [3.05, 3.63) is 29.6 Å². The zero-order valence-electron chi connectivity index (χ0n) is 8.74. The minimum atomic E-state index is -0.859. The second-order valence-electron chi connectivity index (χ2n) is 3.17. The molecule has 1 amide bonds. The number of benzene rings is 1. The third kappa shape index (κ3) is 2.70. The molecule has 0 heterocycles. The zero-order chi connectivity index (χ0) is 12.1. The van der Waals surface area contributed by atoms with Crippen LogP contribution in [0.3, 0.4) is 0 Å². The molecule has 0 fully saturated rings. The highest BCUT2D eigenvalue weighted by molar-refractivity contribution is 5.79. The van der Waals surface area contributed by atoms with Crippen molar-refractivity contribution in [3.63, 3.8) is 0 Å². The number of halogens is 1. The van der Waals surface area contributed by atoms with Crippen LogP contribution in [0.25, 0.3) is 0 Å². The van der Waals surface area contributed by atoms with Crippen LogP contribution in [0.4, 0.5) is 4.39 Å². The van der Waals surface area contributed by atoms with E-state index in [4.69, 9.17) is 15.7 Å². The number of nitrogens with two attached hydrogens (primary N) is 1. The summed E-state index contributed by atoms with van der Waals surface area (Å²) in [5.41, 5.74) is 5.25. The summed E-state index contributed by atoms with van der Waals surface area (Å²) in [4.78, 5) is 10.9. The Balaban J connectivity index is 2.90. The highest BCUT2D eigenvalue weighted by Crippen LogP contribution is 2.19. The van der Waals surface area contributed by atoms with Gasteiger partial charge in [0.1, 0.15) is 0 Å². The van der Waals surface area contributed by atoms with Gasteiger partial charge in [-0.15, -0.1) is 0 Å². The first kappa shape index (κ1) is 12.0. The Kier molecular flexibility index (Phi) is 3.84. The molecule has 0 saturated heterocycles. The van der Waals surface area contributed by atoms with Gasteiger partial charge in [-0.05, 0) is 24.6 Å². The minimum Gasteiger partial charge on any atom is -0.478 e. The average molecular weight is 222 g/mol. The van der Waals surface area contributed by atoms with Gasteiger partial charge in [-0.25, -0.2) is 4.39 Å². The second kappa shape index (κ2) is 5.12. The number of carbonyl (C=O) groups excluding carboxylic acids is 1. The number of nitrogens with zero attached hydrogens (tertiary/aromatic N) is 1. The molecule has 0 aliphatic heterocycles. The van der Waals surface area contributed by atoms with E-state index in [0.717, 1.165) is 6.07 Å². The van der Waals surface area contributed by atoms with Gasteiger partial charge in [-0.3, -0.25) is 4.79 Å². The molecule has 5 heteroatoms. The van der Waals surface area contributed by atoms with E-state index in [1.54, 1.807) is 13.0 Å². The smallest absolute Gasteiger partial charge is 0.258 e. The maximum absolute atomic E-state index is 13.4. The number of hydrogen-bond donors (Lipinski definition) is 1. The molecule has 1 unspecified atom stereocenters. The monoisotopic (exact) mass is 222 g/mol. The first-order valence-corrected chi connectivity index (χ1v) is 4.74. The van der Waals surface area contributed by atoms with E-state index in [2.05, 4.69) is 0 Å². The van der Waals surface area contributed by atoms with E-state index < -0.39 is 17.8 Å². The van der Waals surface area contributed by atoms with Gasteiger partial charge in [0.25, 0.3) is 5.91 Å². The molecular weight excluding hydrogens is 211 g/mol. The van der Waals surface area contributed by atoms with Crippen LogP contribution in [0.5, 0.6) is 5.75 Å². The normalized spacial score (nSPS) is 11.6. The Bertz CT molecular complexity index is 440. The second-order valence-corrected chi connectivity index (χ2v) is 3.17. The Morgan fingerprint density at radius 2 is 2.38 bits per heavy atom. The quantitative estimate of drug-likeness (QED) is 0.835. The predicted molar refractivity (Wildman–Crippen MR) is 55.0 cm³/mol. The predicted octanol–water partition coefficient (Wildman–Crippen LogP) is 1.34. The van der Waals surface area contributed by atoms with Gasteiger partial charge in [-0.2, -0.15) is 5.26 Å². The Morgan fingerprint density at radius 1 is 1.69 bits per heavy atom. The number of carbonyl (C=O) groups is 1. The number of amides is 1.